The fourth-order valence-corrected chi connectivity index (χ4v) is 5.03. The van der Waals surface area contributed by atoms with Crippen molar-refractivity contribution in [2.75, 3.05) is 19.6 Å². The first-order valence-corrected chi connectivity index (χ1v) is 10.2. The predicted octanol–water partition coefficient (Wildman–Crippen LogP) is 2.89. The number of carbonyl (C=O) groups is 2. The molecule has 0 aromatic carbocycles. The number of aromatic nitrogens is 2. The van der Waals surface area contributed by atoms with Gasteiger partial charge >= 0.3 is 0 Å². The summed E-state index contributed by atoms with van der Waals surface area (Å²) in [6.45, 7) is 4.77. The third-order valence-corrected chi connectivity index (χ3v) is 6.55. The van der Waals surface area contributed by atoms with E-state index in [1.807, 2.05) is 28.9 Å². The van der Waals surface area contributed by atoms with Gasteiger partial charge in [0.2, 0.25) is 5.91 Å². The van der Waals surface area contributed by atoms with Gasteiger partial charge in [-0.25, -0.2) is 4.98 Å². The number of rotatable bonds is 3. The van der Waals surface area contributed by atoms with Crippen LogP contribution in [0.5, 0.6) is 0 Å². The second-order valence-electron chi connectivity index (χ2n) is 7.68. The number of piperidine rings is 2. The fraction of sp³-hybridized carbons (Fsp3) is 0.500. The van der Waals surface area contributed by atoms with E-state index in [-0.39, 0.29) is 17.2 Å². The van der Waals surface area contributed by atoms with Crippen LogP contribution in [0.4, 0.5) is 0 Å². The number of carbonyl (C=O) groups excluding carboxylic acids is 2. The Bertz CT molecular complexity index is 838. The second kappa shape index (κ2) is 7.38. The van der Waals surface area contributed by atoms with Crippen molar-refractivity contribution < 1.29 is 9.59 Å². The van der Waals surface area contributed by atoms with Crippen LogP contribution in [0.2, 0.25) is 0 Å². The molecule has 2 saturated heterocycles. The minimum atomic E-state index is 0.00851. The van der Waals surface area contributed by atoms with E-state index < -0.39 is 0 Å². The molecule has 0 aliphatic carbocycles. The zero-order valence-corrected chi connectivity index (χ0v) is 16.4. The van der Waals surface area contributed by atoms with Gasteiger partial charge in [-0.3, -0.25) is 14.6 Å². The van der Waals surface area contributed by atoms with Crippen molar-refractivity contribution >= 4 is 23.2 Å². The van der Waals surface area contributed by atoms with E-state index >= 15 is 0 Å². The van der Waals surface area contributed by atoms with E-state index in [4.69, 9.17) is 0 Å². The summed E-state index contributed by atoms with van der Waals surface area (Å²) in [6, 6.07) is 3.91. The molecule has 2 aliphatic heterocycles. The molecule has 2 aromatic heterocycles. The van der Waals surface area contributed by atoms with Crippen molar-refractivity contribution in [2.24, 2.45) is 5.41 Å². The summed E-state index contributed by atoms with van der Waals surface area (Å²) in [5.74, 6) is 0.288. The van der Waals surface area contributed by atoms with Crippen molar-refractivity contribution in [3.8, 4) is 0 Å². The van der Waals surface area contributed by atoms with Gasteiger partial charge in [0.15, 0.2) is 0 Å². The predicted molar refractivity (Wildman–Crippen MR) is 103 cm³/mol. The lowest BCUT2D eigenvalue weighted by Gasteiger charge is -2.48. The van der Waals surface area contributed by atoms with E-state index in [0.717, 1.165) is 49.5 Å². The largest absolute Gasteiger partial charge is 0.338 e. The van der Waals surface area contributed by atoms with E-state index in [2.05, 4.69) is 9.97 Å². The molecule has 0 unspecified atom stereocenters. The molecule has 2 fully saturated rings. The normalized spacial score (nSPS) is 23.1. The lowest BCUT2D eigenvalue weighted by molar-refractivity contribution is -0.139. The van der Waals surface area contributed by atoms with Gasteiger partial charge < -0.3 is 9.80 Å². The highest BCUT2D eigenvalue weighted by Crippen LogP contribution is 2.39. The molecule has 6 nitrogen and oxygen atoms in total. The number of nitrogens with zero attached hydrogens (tertiary/aromatic N) is 4. The molecule has 0 radical (unpaired) electrons. The van der Waals surface area contributed by atoms with Crippen LogP contribution in [-0.2, 0) is 11.3 Å². The summed E-state index contributed by atoms with van der Waals surface area (Å²) >= 11 is 1.45. The lowest BCUT2D eigenvalue weighted by atomic mass is 9.73. The average Bonchev–Trinajstić information content (AvgIpc) is 3.12. The lowest BCUT2D eigenvalue weighted by Crippen LogP contribution is -2.54. The maximum atomic E-state index is 12.9. The molecular formula is C20H24N4O2S. The van der Waals surface area contributed by atoms with E-state index in [0.29, 0.717) is 17.8 Å². The third kappa shape index (κ3) is 3.88. The van der Waals surface area contributed by atoms with E-state index in [9.17, 15) is 9.59 Å². The quantitative estimate of drug-likeness (QED) is 0.816. The molecule has 1 spiro atoms. The summed E-state index contributed by atoms with van der Waals surface area (Å²) in [5.41, 5.74) is 1.11. The molecule has 0 N–H and O–H groups in total. The van der Waals surface area contributed by atoms with Gasteiger partial charge in [0.1, 0.15) is 4.88 Å². The number of likely N-dealkylation sites (tertiary alicyclic amines) is 2. The molecule has 0 saturated carbocycles. The first-order valence-electron chi connectivity index (χ1n) is 9.43. The number of hydrogen-bond donors (Lipinski definition) is 0. The zero-order chi connectivity index (χ0) is 18.9. The number of aryl methyl sites for hydroxylation is 1. The Balaban J connectivity index is 1.48. The molecule has 0 bridgehead atoms. The maximum absolute atomic E-state index is 12.9. The van der Waals surface area contributed by atoms with Crippen LogP contribution in [0.3, 0.4) is 0 Å². The van der Waals surface area contributed by atoms with Crippen molar-refractivity contribution in [1.82, 2.24) is 19.8 Å². The van der Waals surface area contributed by atoms with Crippen molar-refractivity contribution in [3.05, 3.63) is 46.2 Å². The summed E-state index contributed by atoms with van der Waals surface area (Å²) < 4.78 is 0. The Kier molecular flexibility index (Phi) is 4.95. The highest BCUT2D eigenvalue weighted by Gasteiger charge is 2.43. The van der Waals surface area contributed by atoms with Crippen molar-refractivity contribution in [1.29, 1.82) is 0 Å². The van der Waals surface area contributed by atoms with Gasteiger partial charge in [-0.2, -0.15) is 0 Å². The maximum Gasteiger partial charge on any atom is 0.265 e. The van der Waals surface area contributed by atoms with Crippen molar-refractivity contribution in [2.45, 2.75) is 39.2 Å². The molecule has 142 valence electrons. The standard InChI is InChI=1S/C20H24N4O2S/c1-15-22-11-17(27-15)19(26)23-10-2-6-20(13-23)7-3-18(25)24(14-20)12-16-4-8-21-9-5-16/h4-5,8-9,11H,2-3,6-7,10,12-14H2,1H3/t20-/m1/s1. The van der Waals surface area contributed by atoms with Gasteiger partial charge in [-0.15, -0.1) is 11.3 Å². The molecule has 7 heteroatoms. The minimum Gasteiger partial charge on any atom is -0.338 e. The van der Waals surface area contributed by atoms with Crippen LogP contribution in [0, 0.1) is 12.3 Å². The summed E-state index contributed by atoms with van der Waals surface area (Å²) in [7, 11) is 0. The zero-order valence-electron chi connectivity index (χ0n) is 15.6. The molecule has 1 atom stereocenters. The molecule has 2 aliphatic rings. The number of thiazole rings is 1. The van der Waals surface area contributed by atoms with Gasteiger partial charge in [0, 0.05) is 50.4 Å². The highest BCUT2D eigenvalue weighted by molar-refractivity contribution is 7.13. The molecule has 4 rings (SSSR count). The number of pyridine rings is 1. The van der Waals surface area contributed by atoms with Crippen LogP contribution in [0.1, 0.15) is 45.9 Å². The third-order valence-electron chi connectivity index (χ3n) is 5.65. The minimum absolute atomic E-state index is 0.00851. The topological polar surface area (TPSA) is 66.4 Å². The van der Waals surface area contributed by atoms with Crippen LogP contribution in [-0.4, -0.2) is 51.2 Å². The summed E-state index contributed by atoms with van der Waals surface area (Å²) in [6.07, 6.45) is 8.69. The van der Waals surface area contributed by atoms with E-state index in [1.54, 1.807) is 18.6 Å². The average molecular weight is 385 g/mol. The van der Waals surface area contributed by atoms with Crippen LogP contribution in [0.15, 0.2) is 30.7 Å². The first kappa shape index (κ1) is 18.1. The Labute approximate surface area is 163 Å². The Hall–Kier alpha value is -2.28. The molecule has 27 heavy (non-hydrogen) atoms. The Morgan fingerprint density at radius 1 is 1.26 bits per heavy atom. The number of amides is 2. The van der Waals surface area contributed by atoms with Crippen LogP contribution in [0.25, 0.3) is 0 Å². The van der Waals surface area contributed by atoms with Crippen LogP contribution < -0.4 is 0 Å². The monoisotopic (exact) mass is 384 g/mol. The molecule has 2 amide bonds. The highest BCUT2D eigenvalue weighted by atomic mass is 32.1. The molecular weight excluding hydrogens is 360 g/mol. The molecule has 4 heterocycles. The Morgan fingerprint density at radius 3 is 2.81 bits per heavy atom. The van der Waals surface area contributed by atoms with Gasteiger partial charge in [-0.05, 0) is 43.9 Å². The summed E-state index contributed by atoms with van der Waals surface area (Å²) in [4.78, 5) is 38.3. The first-order chi connectivity index (χ1) is 13.0. The van der Waals surface area contributed by atoms with Gasteiger partial charge in [-0.1, -0.05) is 0 Å². The second-order valence-corrected chi connectivity index (χ2v) is 8.91. The fourth-order valence-electron chi connectivity index (χ4n) is 4.29. The van der Waals surface area contributed by atoms with Gasteiger partial charge in [0.25, 0.3) is 5.91 Å². The van der Waals surface area contributed by atoms with Crippen LogP contribution >= 0.6 is 11.3 Å². The molecule has 2 aromatic rings. The number of hydrogen-bond acceptors (Lipinski definition) is 5. The van der Waals surface area contributed by atoms with Gasteiger partial charge in [0.05, 0.1) is 11.2 Å². The summed E-state index contributed by atoms with van der Waals surface area (Å²) in [5, 5.41) is 0.914. The smallest absolute Gasteiger partial charge is 0.265 e. The van der Waals surface area contributed by atoms with E-state index in [1.165, 1.54) is 11.3 Å². The van der Waals surface area contributed by atoms with Crippen molar-refractivity contribution in [3.63, 3.8) is 0 Å². The Morgan fingerprint density at radius 2 is 2.07 bits per heavy atom. The SMILES string of the molecule is Cc1ncc(C(=O)N2CCC[C@@]3(CCC(=O)N(Cc4ccncc4)C3)C2)s1.